The molecule has 2 aromatic rings. The zero-order valence-electron chi connectivity index (χ0n) is 18.4. The lowest BCUT2D eigenvalue weighted by Gasteiger charge is -2.21. The second-order valence-electron chi connectivity index (χ2n) is 7.76. The first kappa shape index (κ1) is 24.4. The number of oxime groups is 1. The van der Waals surface area contributed by atoms with E-state index >= 15 is 0 Å². The van der Waals surface area contributed by atoms with Gasteiger partial charge in [0.1, 0.15) is 11.8 Å². The molecule has 1 aromatic heterocycles. The number of hydrogen-bond donors (Lipinski definition) is 2. The number of unbranched alkanes of at least 4 members (excludes halogenated alkanes) is 5. The fourth-order valence-electron chi connectivity index (χ4n) is 3.58. The second-order valence-corrected chi connectivity index (χ2v) is 7.76. The van der Waals surface area contributed by atoms with Gasteiger partial charge in [0.15, 0.2) is 0 Å². The highest BCUT2D eigenvalue weighted by molar-refractivity contribution is 5.78. The molecule has 8 nitrogen and oxygen atoms in total. The van der Waals surface area contributed by atoms with E-state index < -0.39 is 17.8 Å². The molecule has 0 fully saturated rings. The van der Waals surface area contributed by atoms with Crippen molar-refractivity contribution >= 4 is 5.96 Å². The summed E-state index contributed by atoms with van der Waals surface area (Å²) >= 11 is 0. The molecule has 1 aliphatic heterocycles. The number of ether oxygens (including phenoxy) is 1. The van der Waals surface area contributed by atoms with E-state index in [1.165, 1.54) is 17.0 Å². The Bertz CT molecular complexity index is 974. The molecule has 0 radical (unpaired) electrons. The van der Waals surface area contributed by atoms with Gasteiger partial charge in [0, 0.05) is 12.1 Å². The van der Waals surface area contributed by atoms with Crippen LogP contribution in [0.3, 0.4) is 0 Å². The minimum Gasteiger partial charge on any atom is -0.493 e. The van der Waals surface area contributed by atoms with Crippen molar-refractivity contribution in [3.63, 3.8) is 0 Å². The third-order valence-electron chi connectivity index (χ3n) is 5.35. The number of aromatic nitrogens is 2. The molecule has 11 heteroatoms. The van der Waals surface area contributed by atoms with Crippen molar-refractivity contribution in [2.24, 2.45) is 10.9 Å². The van der Waals surface area contributed by atoms with E-state index in [-0.39, 0.29) is 35.6 Å². The van der Waals surface area contributed by atoms with Crippen LogP contribution < -0.4 is 10.5 Å². The summed E-state index contributed by atoms with van der Waals surface area (Å²) in [6, 6.07) is 3.12. The van der Waals surface area contributed by atoms with Crippen molar-refractivity contribution in [2.45, 2.75) is 57.7 Å². The van der Waals surface area contributed by atoms with Crippen molar-refractivity contribution in [3.05, 3.63) is 41.8 Å². The van der Waals surface area contributed by atoms with Gasteiger partial charge >= 0.3 is 6.18 Å². The molecular formula is C22H28F3N5O3. The quantitative estimate of drug-likeness (QED) is 0.125. The van der Waals surface area contributed by atoms with Crippen molar-refractivity contribution in [1.82, 2.24) is 15.0 Å². The molecule has 3 rings (SSSR count). The Morgan fingerprint density at radius 1 is 1.27 bits per heavy atom. The molecule has 3 N–H and O–H groups in total. The molecule has 1 aliphatic rings. The summed E-state index contributed by atoms with van der Waals surface area (Å²) in [7, 11) is 0. The van der Waals surface area contributed by atoms with Crippen LogP contribution in [-0.4, -0.2) is 39.4 Å². The van der Waals surface area contributed by atoms with Crippen LogP contribution in [0.2, 0.25) is 0 Å². The number of rotatable bonds is 10. The monoisotopic (exact) mass is 467 g/mol. The third-order valence-corrected chi connectivity index (χ3v) is 5.35. The Morgan fingerprint density at radius 2 is 2.03 bits per heavy atom. The van der Waals surface area contributed by atoms with E-state index in [0.29, 0.717) is 13.0 Å². The van der Waals surface area contributed by atoms with Gasteiger partial charge in [-0.1, -0.05) is 61.5 Å². The SMILES string of the molecule is CCCCCCCCOc1ccc(-c2noc(C3C=CCN3/C(N)=N/O)n2)cc1C(F)(F)F. The number of guanidine groups is 1. The largest absolute Gasteiger partial charge is 0.493 e. The number of alkyl halides is 3. The van der Waals surface area contributed by atoms with Crippen LogP contribution in [0.5, 0.6) is 5.75 Å². The first-order valence-electron chi connectivity index (χ1n) is 10.9. The molecule has 1 unspecified atom stereocenters. The molecule has 0 saturated carbocycles. The Kier molecular flexibility index (Phi) is 8.18. The average Bonchev–Trinajstić information content (AvgIpc) is 3.47. The highest BCUT2D eigenvalue weighted by Gasteiger charge is 2.35. The predicted molar refractivity (Wildman–Crippen MR) is 116 cm³/mol. The number of hydrogen-bond acceptors (Lipinski definition) is 6. The highest BCUT2D eigenvalue weighted by atomic mass is 19.4. The van der Waals surface area contributed by atoms with Crippen LogP contribution in [0, 0.1) is 0 Å². The highest BCUT2D eigenvalue weighted by Crippen LogP contribution is 2.39. The third kappa shape index (κ3) is 6.17. The molecule has 0 aliphatic carbocycles. The van der Waals surface area contributed by atoms with E-state index in [4.69, 9.17) is 20.2 Å². The number of benzene rings is 1. The molecule has 2 heterocycles. The Balaban J connectivity index is 1.72. The first-order chi connectivity index (χ1) is 15.8. The van der Waals surface area contributed by atoms with E-state index in [1.54, 1.807) is 12.2 Å². The van der Waals surface area contributed by atoms with Crippen LogP contribution in [0.1, 0.15) is 62.9 Å². The van der Waals surface area contributed by atoms with Crippen LogP contribution in [0.25, 0.3) is 11.4 Å². The van der Waals surface area contributed by atoms with Gasteiger partial charge < -0.3 is 25.1 Å². The molecule has 1 aromatic carbocycles. The summed E-state index contributed by atoms with van der Waals surface area (Å²) in [6.07, 6.45) is 4.98. The number of nitrogens with two attached hydrogens (primary N) is 1. The lowest BCUT2D eigenvalue weighted by atomic mass is 10.1. The van der Waals surface area contributed by atoms with Crippen molar-refractivity contribution < 1.29 is 27.6 Å². The van der Waals surface area contributed by atoms with Gasteiger partial charge in [-0.25, -0.2) is 0 Å². The van der Waals surface area contributed by atoms with Gasteiger partial charge in [0.25, 0.3) is 5.89 Å². The molecular weight excluding hydrogens is 439 g/mol. The lowest BCUT2D eigenvalue weighted by molar-refractivity contribution is -0.138. The van der Waals surface area contributed by atoms with Gasteiger partial charge in [0.2, 0.25) is 11.8 Å². The molecule has 0 amide bonds. The molecule has 1 atom stereocenters. The summed E-state index contributed by atoms with van der Waals surface area (Å²) < 4.78 is 51.7. The first-order valence-corrected chi connectivity index (χ1v) is 10.9. The molecule has 180 valence electrons. The summed E-state index contributed by atoms with van der Waals surface area (Å²) in [5.41, 5.74) is 4.89. The Hall–Kier alpha value is -3.24. The van der Waals surface area contributed by atoms with Gasteiger partial charge in [-0.3, -0.25) is 0 Å². The summed E-state index contributed by atoms with van der Waals surface area (Å²) in [5.74, 6) is -0.253. The zero-order chi connectivity index (χ0) is 23.8. The summed E-state index contributed by atoms with van der Waals surface area (Å²) in [4.78, 5) is 5.72. The molecule has 33 heavy (non-hydrogen) atoms. The summed E-state index contributed by atoms with van der Waals surface area (Å²) in [5, 5.41) is 15.7. The normalized spacial score (nSPS) is 16.5. The molecule has 0 saturated heterocycles. The predicted octanol–water partition coefficient (Wildman–Crippen LogP) is 5.11. The van der Waals surface area contributed by atoms with Gasteiger partial charge in [-0.2, -0.15) is 18.2 Å². The zero-order valence-corrected chi connectivity index (χ0v) is 18.4. The van der Waals surface area contributed by atoms with Gasteiger partial charge in [0.05, 0.1) is 12.2 Å². The van der Waals surface area contributed by atoms with Crippen molar-refractivity contribution in [2.75, 3.05) is 13.2 Å². The smallest absolute Gasteiger partial charge is 0.419 e. The van der Waals surface area contributed by atoms with E-state index in [9.17, 15) is 13.2 Å². The Labute approximate surface area is 189 Å². The van der Waals surface area contributed by atoms with Crippen molar-refractivity contribution in [3.8, 4) is 17.1 Å². The van der Waals surface area contributed by atoms with Crippen LogP contribution in [-0.2, 0) is 6.18 Å². The lowest BCUT2D eigenvalue weighted by Crippen LogP contribution is -2.37. The molecule has 0 spiro atoms. The number of nitrogens with zero attached hydrogens (tertiary/aromatic N) is 4. The molecule has 0 bridgehead atoms. The van der Waals surface area contributed by atoms with E-state index in [0.717, 1.165) is 38.2 Å². The average molecular weight is 467 g/mol. The fraction of sp³-hybridized carbons (Fsp3) is 0.500. The standard InChI is InChI=1S/C22H28F3N5O3/c1-2-3-4-5-6-7-13-32-18-11-10-15(14-16(18)22(23,24)25)19-27-20(33-29-19)17-9-8-12-30(17)21(26)28-31/h8-11,14,17,31H,2-7,12-13H2,1H3,(H2,26,28). The maximum Gasteiger partial charge on any atom is 0.419 e. The van der Waals surface area contributed by atoms with Gasteiger partial charge in [-0.05, 0) is 24.6 Å². The fourth-order valence-corrected chi connectivity index (χ4v) is 3.58. The van der Waals surface area contributed by atoms with Crippen LogP contribution in [0.15, 0.2) is 40.0 Å². The van der Waals surface area contributed by atoms with E-state index in [2.05, 4.69) is 22.2 Å². The minimum atomic E-state index is -4.60. The minimum absolute atomic E-state index is 0.00210. The maximum atomic E-state index is 13.7. The second kappa shape index (κ2) is 11.1. The topological polar surface area (TPSA) is 110 Å². The van der Waals surface area contributed by atoms with Crippen LogP contribution in [0.4, 0.5) is 13.2 Å². The van der Waals surface area contributed by atoms with Crippen LogP contribution >= 0.6 is 0 Å². The Morgan fingerprint density at radius 3 is 2.76 bits per heavy atom. The van der Waals surface area contributed by atoms with E-state index in [1.807, 2.05) is 0 Å². The van der Waals surface area contributed by atoms with Gasteiger partial charge in [-0.15, -0.1) is 0 Å². The maximum absolute atomic E-state index is 13.7. The number of halogens is 3. The van der Waals surface area contributed by atoms with Crippen molar-refractivity contribution in [1.29, 1.82) is 0 Å². The summed E-state index contributed by atoms with van der Waals surface area (Å²) in [6.45, 7) is 2.71.